The average Bonchev–Trinajstić information content (AvgIpc) is 2.94. The molecule has 0 saturated carbocycles. The van der Waals surface area contributed by atoms with Gasteiger partial charge in [0.05, 0.1) is 6.54 Å². The van der Waals surface area contributed by atoms with Gasteiger partial charge in [-0.25, -0.2) is 0 Å². The molecule has 3 N–H and O–H groups in total. The van der Waals surface area contributed by atoms with Gasteiger partial charge in [-0.05, 0) is 36.1 Å². The number of nitrogens with zero attached hydrogens (tertiary/aromatic N) is 2. The third kappa shape index (κ3) is 3.84. The van der Waals surface area contributed by atoms with Crippen molar-refractivity contribution in [3.8, 4) is 0 Å². The number of benzene rings is 1. The van der Waals surface area contributed by atoms with E-state index in [9.17, 15) is 0 Å². The zero-order valence-electron chi connectivity index (χ0n) is 12.3. The molecular formula is C16H24N4. The van der Waals surface area contributed by atoms with Crippen molar-refractivity contribution in [1.82, 2.24) is 9.78 Å². The molecule has 0 saturated heterocycles. The van der Waals surface area contributed by atoms with Crippen LogP contribution in [0.1, 0.15) is 19.4 Å². The Balaban J connectivity index is 2.04. The van der Waals surface area contributed by atoms with Crippen LogP contribution in [0.15, 0.2) is 42.7 Å². The largest absolute Gasteiger partial charge is 0.384 e. The van der Waals surface area contributed by atoms with Gasteiger partial charge in [-0.2, -0.15) is 5.10 Å². The lowest BCUT2D eigenvalue weighted by Crippen LogP contribution is -2.27. The summed E-state index contributed by atoms with van der Waals surface area (Å²) in [5.41, 5.74) is 8.25. The van der Waals surface area contributed by atoms with Crippen molar-refractivity contribution < 1.29 is 0 Å². The van der Waals surface area contributed by atoms with Gasteiger partial charge in [0, 0.05) is 24.6 Å². The fourth-order valence-electron chi connectivity index (χ4n) is 2.23. The first-order chi connectivity index (χ1) is 9.70. The molecule has 4 heteroatoms. The average molecular weight is 272 g/mol. The maximum atomic E-state index is 5.83. The Morgan fingerprint density at radius 2 is 2.05 bits per heavy atom. The summed E-state index contributed by atoms with van der Waals surface area (Å²) >= 11 is 0. The number of nitrogens with one attached hydrogen (secondary N) is 1. The second-order valence-electron chi connectivity index (χ2n) is 5.48. The van der Waals surface area contributed by atoms with Crippen molar-refractivity contribution in [3.63, 3.8) is 0 Å². The second-order valence-corrected chi connectivity index (χ2v) is 5.48. The Kier molecular flexibility index (Phi) is 5.18. The van der Waals surface area contributed by atoms with E-state index in [1.807, 2.05) is 16.9 Å². The van der Waals surface area contributed by atoms with Gasteiger partial charge in [-0.3, -0.25) is 4.68 Å². The van der Waals surface area contributed by atoms with Gasteiger partial charge in [0.25, 0.3) is 0 Å². The predicted molar refractivity (Wildman–Crippen MR) is 83.6 cm³/mol. The lowest BCUT2D eigenvalue weighted by atomic mass is 9.96. The van der Waals surface area contributed by atoms with Gasteiger partial charge in [-0.15, -0.1) is 0 Å². The smallest absolute Gasteiger partial charge is 0.0679 e. The van der Waals surface area contributed by atoms with Crippen LogP contribution < -0.4 is 11.1 Å². The Labute approximate surface area is 121 Å². The highest BCUT2D eigenvalue weighted by Gasteiger charge is 2.12. The third-order valence-electron chi connectivity index (χ3n) is 3.71. The minimum Gasteiger partial charge on any atom is -0.384 e. The third-order valence-corrected chi connectivity index (χ3v) is 3.71. The molecule has 1 atom stereocenters. The van der Waals surface area contributed by atoms with E-state index in [1.54, 1.807) is 6.20 Å². The molecule has 0 fully saturated rings. The molecule has 0 aliphatic carbocycles. The molecule has 1 aromatic carbocycles. The fraction of sp³-hybridized carbons (Fsp3) is 0.438. The number of para-hydroxylation sites is 1. The second kappa shape index (κ2) is 7.10. The predicted octanol–water partition coefficient (Wildman–Crippen LogP) is 2.57. The van der Waals surface area contributed by atoms with E-state index < -0.39 is 0 Å². The number of hydrogen-bond acceptors (Lipinski definition) is 3. The summed E-state index contributed by atoms with van der Waals surface area (Å²) in [5.74, 6) is 1.08. The van der Waals surface area contributed by atoms with Crippen molar-refractivity contribution in [2.75, 3.05) is 18.4 Å². The number of rotatable bonds is 7. The molecule has 1 aromatic heterocycles. The number of aromatic nitrogens is 2. The Hall–Kier alpha value is -1.81. The zero-order valence-corrected chi connectivity index (χ0v) is 12.3. The van der Waals surface area contributed by atoms with Crippen molar-refractivity contribution in [1.29, 1.82) is 0 Å². The quantitative estimate of drug-likeness (QED) is 0.814. The molecule has 1 unspecified atom stereocenters. The highest BCUT2D eigenvalue weighted by molar-refractivity contribution is 5.51. The van der Waals surface area contributed by atoms with Crippen LogP contribution in [-0.2, 0) is 6.54 Å². The molecule has 0 aliphatic heterocycles. The van der Waals surface area contributed by atoms with Gasteiger partial charge in [0.1, 0.15) is 0 Å². The van der Waals surface area contributed by atoms with Crippen LogP contribution in [0.2, 0.25) is 0 Å². The number of anilines is 1. The van der Waals surface area contributed by atoms with Gasteiger partial charge in [0.15, 0.2) is 0 Å². The van der Waals surface area contributed by atoms with E-state index in [2.05, 4.69) is 48.5 Å². The number of hydrogen-bond donors (Lipinski definition) is 2. The maximum absolute atomic E-state index is 5.83. The molecule has 20 heavy (non-hydrogen) atoms. The van der Waals surface area contributed by atoms with Crippen LogP contribution in [0.4, 0.5) is 5.69 Å². The first kappa shape index (κ1) is 14.6. The minimum absolute atomic E-state index is 0.493. The summed E-state index contributed by atoms with van der Waals surface area (Å²) in [6, 6.07) is 10.3. The molecular weight excluding hydrogens is 248 g/mol. The summed E-state index contributed by atoms with van der Waals surface area (Å²) in [7, 11) is 0. The summed E-state index contributed by atoms with van der Waals surface area (Å²) < 4.78 is 1.93. The topological polar surface area (TPSA) is 55.9 Å². The molecule has 2 rings (SSSR count). The van der Waals surface area contributed by atoms with Gasteiger partial charge < -0.3 is 11.1 Å². The highest BCUT2D eigenvalue weighted by atomic mass is 15.3. The van der Waals surface area contributed by atoms with E-state index in [0.717, 1.165) is 13.1 Å². The molecule has 0 aliphatic rings. The highest BCUT2D eigenvalue weighted by Crippen LogP contribution is 2.18. The molecule has 0 amide bonds. The van der Waals surface area contributed by atoms with Gasteiger partial charge >= 0.3 is 0 Å². The minimum atomic E-state index is 0.493. The molecule has 0 spiro atoms. The maximum Gasteiger partial charge on any atom is 0.0679 e. The normalized spacial score (nSPS) is 12.6. The molecule has 4 nitrogen and oxygen atoms in total. The standard InChI is InChI=1S/C16H24N4/c1-13(2)15(10-17)11-18-16-7-4-3-6-14(16)12-20-9-5-8-19-20/h3-9,13,15,18H,10-12,17H2,1-2H3. The van der Waals surface area contributed by atoms with Crippen LogP contribution in [0.3, 0.4) is 0 Å². The Bertz CT molecular complexity index is 505. The van der Waals surface area contributed by atoms with Crippen molar-refractivity contribution in [3.05, 3.63) is 48.3 Å². The van der Waals surface area contributed by atoms with Crippen LogP contribution in [-0.4, -0.2) is 22.9 Å². The van der Waals surface area contributed by atoms with Gasteiger partial charge in [-0.1, -0.05) is 32.0 Å². The van der Waals surface area contributed by atoms with E-state index in [4.69, 9.17) is 5.73 Å². The molecule has 108 valence electrons. The lowest BCUT2D eigenvalue weighted by Gasteiger charge is -2.21. The van der Waals surface area contributed by atoms with Crippen LogP contribution in [0.25, 0.3) is 0 Å². The van der Waals surface area contributed by atoms with Crippen molar-refractivity contribution >= 4 is 5.69 Å². The molecule has 0 bridgehead atoms. The Morgan fingerprint density at radius 3 is 2.70 bits per heavy atom. The van der Waals surface area contributed by atoms with E-state index in [-0.39, 0.29) is 0 Å². The summed E-state index contributed by atoms with van der Waals surface area (Å²) in [6.45, 7) is 6.84. The van der Waals surface area contributed by atoms with Crippen LogP contribution in [0, 0.1) is 11.8 Å². The molecule has 1 heterocycles. The van der Waals surface area contributed by atoms with E-state index in [0.29, 0.717) is 18.4 Å². The van der Waals surface area contributed by atoms with E-state index >= 15 is 0 Å². The molecule has 0 radical (unpaired) electrons. The Morgan fingerprint density at radius 1 is 1.25 bits per heavy atom. The van der Waals surface area contributed by atoms with Crippen LogP contribution >= 0.6 is 0 Å². The monoisotopic (exact) mass is 272 g/mol. The first-order valence-electron chi connectivity index (χ1n) is 7.20. The lowest BCUT2D eigenvalue weighted by molar-refractivity contribution is 0.413. The van der Waals surface area contributed by atoms with Gasteiger partial charge in [0.2, 0.25) is 0 Å². The van der Waals surface area contributed by atoms with Crippen molar-refractivity contribution in [2.45, 2.75) is 20.4 Å². The first-order valence-corrected chi connectivity index (χ1v) is 7.20. The fourth-order valence-corrected chi connectivity index (χ4v) is 2.23. The summed E-state index contributed by atoms with van der Waals surface area (Å²) in [4.78, 5) is 0. The summed E-state index contributed by atoms with van der Waals surface area (Å²) in [6.07, 6.45) is 3.78. The number of nitrogens with two attached hydrogens (primary N) is 1. The SMILES string of the molecule is CC(C)C(CN)CNc1ccccc1Cn1cccn1. The molecule has 2 aromatic rings. The van der Waals surface area contributed by atoms with E-state index in [1.165, 1.54) is 11.3 Å². The van der Waals surface area contributed by atoms with Crippen LogP contribution in [0.5, 0.6) is 0 Å². The van der Waals surface area contributed by atoms with Crippen molar-refractivity contribution in [2.24, 2.45) is 17.6 Å². The zero-order chi connectivity index (χ0) is 14.4. The summed E-state index contributed by atoms with van der Waals surface area (Å²) in [5, 5.41) is 7.80.